The van der Waals surface area contributed by atoms with Crippen LogP contribution in [-0.2, 0) is 16.4 Å². The molecule has 3 aromatic rings. The van der Waals surface area contributed by atoms with Crippen molar-refractivity contribution in [2.24, 2.45) is 0 Å². The Morgan fingerprint density at radius 1 is 0.962 bits per heavy atom. The van der Waals surface area contributed by atoms with Crippen LogP contribution in [0.1, 0.15) is 34.5 Å². The molecule has 0 aliphatic heterocycles. The minimum atomic E-state index is -2.94. The summed E-state index contributed by atoms with van der Waals surface area (Å²) in [4.78, 5) is 13.1. The number of aryl methyl sites for hydroxylation is 1. The minimum absolute atomic E-state index is 0.0224. The normalized spacial score (nSPS) is 11.8. The van der Waals surface area contributed by atoms with E-state index >= 15 is 0 Å². The Morgan fingerprint density at radius 3 is 2.31 bits per heavy atom. The van der Waals surface area contributed by atoms with Gasteiger partial charge in [-0.2, -0.15) is 0 Å². The number of unbranched alkanes of at least 4 members (excludes halogenated alkanes) is 1. The number of carbonyl (C=O) groups is 1. The lowest BCUT2D eigenvalue weighted by Gasteiger charge is -2.08. The highest BCUT2D eigenvalue weighted by atomic mass is 32.2. The molecule has 5 heteroatoms. The smallest absolute Gasteiger partial charge is 0.195 e. The van der Waals surface area contributed by atoms with E-state index in [1.54, 1.807) is 0 Å². The molecule has 4 nitrogen and oxygen atoms in total. The lowest BCUT2D eigenvalue weighted by Crippen LogP contribution is -2.07. The molecule has 0 aliphatic rings. The summed E-state index contributed by atoms with van der Waals surface area (Å²) in [6, 6.07) is 17.2. The summed E-state index contributed by atoms with van der Waals surface area (Å²) >= 11 is 0. The first-order chi connectivity index (χ1) is 12.4. The average molecular weight is 369 g/mol. The summed E-state index contributed by atoms with van der Waals surface area (Å²) in [7, 11) is -2.94. The maximum atomic E-state index is 13.1. The van der Waals surface area contributed by atoms with Crippen molar-refractivity contribution in [1.82, 2.24) is 4.57 Å². The summed E-state index contributed by atoms with van der Waals surface area (Å²) in [6.45, 7) is 2.66. The van der Waals surface area contributed by atoms with Gasteiger partial charge in [-0.05, 0) is 25.8 Å². The quantitative estimate of drug-likeness (QED) is 0.467. The van der Waals surface area contributed by atoms with Crippen LogP contribution in [0.25, 0.3) is 10.9 Å². The third-order valence-corrected chi connectivity index (χ3v) is 5.67. The fraction of sp³-hybridized carbons (Fsp3) is 0.286. The van der Waals surface area contributed by atoms with Gasteiger partial charge in [0.25, 0.3) is 0 Å². The van der Waals surface area contributed by atoms with Crippen molar-refractivity contribution in [3.05, 3.63) is 71.4 Å². The molecule has 1 aromatic heterocycles. The van der Waals surface area contributed by atoms with Crippen LogP contribution in [0.5, 0.6) is 0 Å². The van der Waals surface area contributed by atoms with Crippen LogP contribution in [0, 0.1) is 6.92 Å². The molecule has 0 N–H and O–H groups in total. The van der Waals surface area contributed by atoms with Crippen LogP contribution in [-0.4, -0.2) is 30.8 Å². The Balaban J connectivity index is 1.95. The third-order valence-electron chi connectivity index (χ3n) is 4.64. The largest absolute Gasteiger partial charge is 0.344 e. The van der Waals surface area contributed by atoms with E-state index in [2.05, 4.69) is 4.57 Å². The van der Waals surface area contributed by atoms with Gasteiger partial charge in [0.05, 0.1) is 5.56 Å². The second-order valence-electron chi connectivity index (χ2n) is 6.66. The predicted octanol–water partition coefficient (Wildman–Crippen LogP) is 4.01. The summed E-state index contributed by atoms with van der Waals surface area (Å²) in [5, 5.41) is 0.946. The van der Waals surface area contributed by atoms with E-state index in [0.717, 1.165) is 28.6 Å². The van der Waals surface area contributed by atoms with E-state index < -0.39 is 9.84 Å². The number of para-hydroxylation sites is 1. The van der Waals surface area contributed by atoms with Crippen molar-refractivity contribution in [2.75, 3.05) is 12.0 Å². The van der Waals surface area contributed by atoms with Gasteiger partial charge in [-0.1, -0.05) is 48.5 Å². The van der Waals surface area contributed by atoms with Gasteiger partial charge >= 0.3 is 0 Å². The van der Waals surface area contributed by atoms with E-state index in [1.165, 1.54) is 6.26 Å². The Kier molecular flexibility index (Phi) is 5.28. The number of benzene rings is 2. The Hall–Kier alpha value is -2.40. The monoisotopic (exact) mass is 369 g/mol. The predicted molar refractivity (Wildman–Crippen MR) is 105 cm³/mol. The van der Waals surface area contributed by atoms with Crippen molar-refractivity contribution in [2.45, 2.75) is 26.3 Å². The number of rotatable bonds is 7. The first-order valence-electron chi connectivity index (χ1n) is 8.74. The lowest BCUT2D eigenvalue weighted by molar-refractivity contribution is 0.103. The van der Waals surface area contributed by atoms with Gasteiger partial charge in [-0.15, -0.1) is 0 Å². The zero-order valence-electron chi connectivity index (χ0n) is 15.1. The average Bonchev–Trinajstić information content (AvgIpc) is 2.90. The highest BCUT2D eigenvalue weighted by Gasteiger charge is 2.20. The first-order valence-corrected chi connectivity index (χ1v) is 10.8. The molecule has 3 rings (SSSR count). The number of hydrogen-bond acceptors (Lipinski definition) is 3. The van der Waals surface area contributed by atoms with E-state index in [4.69, 9.17) is 0 Å². The van der Waals surface area contributed by atoms with Gasteiger partial charge < -0.3 is 4.57 Å². The maximum Gasteiger partial charge on any atom is 0.195 e. The van der Waals surface area contributed by atoms with Crippen LogP contribution in [0.2, 0.25) is 0 Å². The third kappa shape index (κ3) is 3.88. The lowest BCUT2D eigenvalue weighted by atomic mass is 10.0. The SMILES string of the molecule is Cc1c(C(=O)c2ccccc2)c2ccccc2n1CCCCS(C)(=O)=O. The molecule has 0 atom stereocenters. The van der Waals surface area contributed by atoms with Gasteiger partial charge in [-0.3, -0.25) is 4.79 Å². The number of hydrogen-bond donors (Lipinski definition) is 0. The molecular weight excluding hydrogens is 346 g/mol. The summed E-state index contributed by atoms with van der Waals surface area (Å²) in [5.41, 5.74) is 3.36. The number of carbonyl (C=O) groups excluding carboxylic acids is 1. The Bertz CT molecular complexity index is 1030. The summed E-state index contributed by atoms with van der Waals surface area (Å²) in [6.07, 6.45) is 2.64. The van der Waals surface area contributed by atoms with Gasteiger partial charge in [0.1, 0.15) is 9.84 Å². The number of ketones is 1. The zero-order valence-corrected chi connectivity index (χ0v) is 15.9. The van der Waals surface area contributed by atoms with E-state index in [-0.39, 0.29) is 11.5 Å². The fourth-order valence-electron chi connectivity index (χ4n) is 3.37. The molecule has 0 unspecified atom stereocenters. The van der Waals surface area contributed by atoms with E-state index in [0.29, 0.717) is 18.5 Å². The van der Waals surface area contributed by atoms with Gasteiger partial charge in [0.2, 0.25) is 0 Å². The highest BCUT2D eigenvalue weighted by Crippen LogP contribution is 2.28. The molecule has 0 fully saturated rings. The summed E-state index contributed by atoms with van der Waals surface area (Å²) < 4.78 is 24.8. The number of sulfone groups is 1. The minimum Gasteiger partial charge on any atom is -0.344 e. The molecular formula is C21H23NO3S. The van der Waals surface area contributed by atoms with E-state index in [1.807, 2.05) is 61.5 Å². The molecule has 0 saturated heterocycles. The zero-order chi connectivity index (χ0) is 18.7. The fourth-order valence-corrected chi connectivity index (χ4v) is 4.10. The molecule has 0 amide bonds. The molecule has 0 saturated carbocycles. The van der Waals surface area contributed by atoms with Crippen LogP contribution in [0.3, 0.4) is 0 Å². The number of fused-ring (bicyclic) bond motifs is 1. The molecule has 0 spiro atoms. The second-order valence-corrected chi connectivity index (χ2v) is 8.92. The van der Waals surface area contributed by atoms with Crippen molar-refractivity contribution in [1.29, 1.82) is 0 Å². The highest BCUT2D eigenvalue weighted by molar-refractivity contribution is 7.90. The Labute approximate surface area is 154 Å². The van der Waals surface area contributed by atoms with Gasteiger partial charge in [0.15, 0.2) is 5.78 Å². The maximum absolute atomic E-state index is 13.1. The molecule has 0 aliphatic carbocycles. The second kappa shape index (κ2) is 7.46. The molecule has 0 bridgehead atoms. The first kappa shape index (κ1) is 18.4. The van der Waals surface area contributed by atoms with Crippen LogP contribution in [0.4, 0.5) is 0 Å². The van der Waals surface area contributed by atoms with Crippen molar-refractivity contribution >= 4 is 26.5 Å². The number of aromatic nitrogens is 1. The van der Waals surface area contributed by atoms with Crippen molar-refractivity contribution < 1.29 is 13.2 Å². The molecule has 0 radical (unpaired) electrons. The molecule has 1 heterocycles. The molecule has 2 aromatic carbocycles. The Morgan fingerprint density at radius 2 is 1.62 bits per heavy atom. The van der Waals surface area contributed by atoms with Crippen molar-refractivity contribution in [3.8, 4) is 0 Å². The van der Waals surface area contributed by atoms with Crippen LogP contribution in [0.15, 0.2) is 54.6 Å². The topological polar surface area (TPSA) is 56.1 Å². The van der Waals surface area contributed by atoms with Crippen LogP contribution < -0.4 is 0 Å². The molecule has 26 heavy (non-hydrogen) atoms. The van der Waals surface area contributed by atoms with Gasteiger partial charge in [-0.25, -0.2) is 8.42 Å². The summed E-state index contributed by atoms with van der Waals surface area (Å²) in [5.74, 6) is 0.218. The molecule has 136 valence electrons. The van der Waals surface area contributed by atoms with Gasteiger partial charge in [0, 0.05) is 40.7 Å². The van der Waals surface area contributed by atoms with Crippen molar-refractivity contribution in [3.63, 3.8) is 0 Å². The van der Waals surface area contributed by atoms with Crippen LogP contribution >= 0.6 is 0 Å². The standard InChI is InChI=1S/C21H23NO3S/c1-16-20(21(23)17-10-4-3-5-11-17)18-12-6-7-13-19(18)22(16)14-8-9-15-26(2,24)25/h3-7,10-13H,8-9,14-15H2,1-2H3. The number of nitrogens with zero attached hydrogens (tertiary/aromatic N) is 1. The van der Waals surface area contributed by atoms with E-state index in [9.17, 15) is 13.2 Å².